The normalized spacial score (nSPS) is 14.2. The van der Waals surface area contributed by atoms with Crippen LogP contribution in [0, 0.1) is 0 Å². The lowest BCUT2D eigenvalue weighted by atomic mass is 9.98. The SMILES string of the molecule is COc1ccccc1C(C(C)N)N(C)Cc1ccsc1. The highest BCUT2D eigenvalue weighted by molar-refractivity contribution is 7.07. The van der Waals surface area contributed by atoms with Crippen LogP contribution in [-0.2, 0) is 6.54 Å². The summed E-state index contributed by atoms with van der Waals surface area (Å²) in [5, 5.41) is 4.28. The summed E-state index contributed by atoms with van der Waals surface area (Å²) < 4.78 is 5.48. The van der Waals surface area contributed by atoms with Crippen LogP contribution in [0.15, 0.2) is 41.1 Å². The molecule has 2 N–H and O–H groups in total. The van der Waals surface area contributed by atoms with E-state index in [4.69, 9.17) is 10.5 Å². The molecule has 2 unspecified atom stereocenters. The number of hydrogen-bond acceptors (Lipinski definition) is 4. The molecule has 0 aliphatic heterocycles. The molecule has 2 aromatic rings. The van der Waals surface area contributed by atoms with E-state index >= 15 is 0 Å². The van der Waals surface area contributed by atoms with Gasteiger partial charge in [-0.2, -0.15) is 11.3 Å². The van der Waals surface area contributed by atoms with Crippen molar-refractivity contribution in [3.8, 4) is 5.75 Å². The molecule has 1 heterocycles. The Bertz CT molecular complexity index is 525. The zero-order valence-corrected chi connectivity index (χ0v) is 13.1. The fourth-order valence-electron chi connectivity index (χ4n) is 2.60. The summed E-state index contributed by atoms with van der Waals surface area (Å²) in [7, 11) is 3.81. The quantitative estimate of drug-likeness (QED) is 0.887. The molecule has 2 atom stereocenters. The number of benzene rings is 1. The van der Waals surface area contributed by atoms with Gasteiger partial charge < -0.3 is 10.5 Å². The Morgan fingerprint density at radius 3 is 2.65 bits per heavy atom. The van der Waals surface area contributed by atoms with Crippen molar-refractivity contribution in [2.75, 3.05) is 14.2 Å². The number of methoxy groups -OCH3 is 1. The van der Waals surface area contributed by atoms with Gasteiger partial charge in [-0.25, -0.2) is 0 Å². The molecule has 0 radical (unpaired) electrons. The number of para-hydroxylation sites is 1. The summed E-state index contributed by atoms with van der Waals surface area (Å²) in [6.45, 7) is 2.93. The highest BCUT2D eigenvalue weighted by atomic mass is 32.1. The molecule has 0 amide bonds. The van der Waals surface area contributed by atoms with E-state index in [-0.39, 0.29) is 12.1 Å². The molecule has 0 aliphatic carbocycles. The molecule has 0 saturated heterocycles. The van der Waals surface area contributed by atoms with Crippen molar-refractivity contribution in [1.82, 2.24) is 4.90 Å². The molecule has 2 rings (SSSR count). The summed E-state index contributed by atoms with van der Waals surface area (Å²) >= 11 is 1.72. The van der Waals surface area contributed by atoms with E-state index in [9.17, 15) is 0 Å². The zero-order chi connectivity index (χ0) is 14.5. The Morgan fingerprint density at radius 1 is 1.30 bits per heavy atom. The van der Waals surface area contributed by atoms with Crippen LogP contribution < -0.4 is 10.5 Å². The van der Waals surface area contributed by atoms with E-state index in [0.717, 1.165) is 17.9 Å². The van der Waals surface area contributed by atoms with Gasteiger partial charge in [-0.05, 0) is 42.4 Å². The molecular weight excluding hydrogens is 268 g/mol. The van der Waals surface area contributed by atoms with Gasteiger partial charge in [-0.3, -0.25) is 4.90 Å². The highest BCUT2D eigenvalue weighted by Gasteiger charge is 2.24. The van der Waals surface area contributed by atoms with E-state index in [1.165, 1.54) is 5.56 Å². The maximum Gasteiger partial charge on any atom is 0.123 e. The van der Waals surface area contributed by atoms with E-state index in [1.54, 1.807) is 18.4 Å². The lowest BCUT2D eigenvalue weighted by Gasteiger charge is -2.32. The van der Waals surface area contributed by atoms with Crippen molar-refractivity contribution in [3.05, 3.63) is 52.2 Å². The van der Waals surface area contributed by atoms with Gasteiger partial charge in [-0.1, -0.05) is 18.2 Å². The van der Waals surface area contributed by atoms with Gasteiger partial charge in [0, 0.05) is 18.2 Å². The first-order chi connectivity index (χ1) is 9.63. The lowest BCUT2D eigenvalue weighted by Crippen LogP contribution is -2.37. The Hall–Kier alpha value is -1.36. The smallest absolute Gasteiger partial charge is 0.123 e. The summed E-state index contributed by atoms with van der Waals surface area (Å²) in [6, 6.07) is 10.4. The van der Waals surface area contributed by atoms with E-state index in [0.29, 0.717) is 0 Å². The van der Waals surface area contributed by atoms with Crippen LogP contribution in [0.4, 0.5) is 0 Å². The number of nitrogens with zero attached hydrogens (tertiary/aromatic N) is 1. The fraction of sp³-hybridized carbons (Fsp3) is 0.375. The monoisotopic (exact) mass is 290 g/mol. The third-order valence-electron chi connectivity index (χ3n) is 3.44. The summed E-state index contributed by atoms with van der Waals surface area (Å²) in [5.41, 5.74) is 8.69. The first-order valence-electron chi connectivity index (χ1n) is 6.73. The molecule has 4 heteroatoms. The van der Waals surface area contributed by atoms with Crippen LogP contribution in [0.2, 0.25) is 0 Å². The topological polar surface area (TPSA) is 38.5 Å². The lowest BCUT2D eigenvalue weighted by molar-refractivity contribution is 0.206. The molecule has 20 heavy (non-hydrogen) atoms. The first-order valence-corrected chi connectivity index (χ1v) is 7.67. The van der Waals surface area contributed by atoms with Crippen LogP contribution >= 0.6 is 11.3 Å². The highest BCUT2D eigenvalue weighted by Crippen LogP contribution is 2.31. The molecule has 0 fully saturated rings. The number of thiophene rings is 1. The van der Waals surface area contributed by atoms with Gasteiger partial charge in [0.15, 0.2) is 0 Å². The van der Waals surface area contributed by atoms with Crippen molar-refractivity contribution in [3.63, 3.8) is 0 Å². The predicted octanol–water partition coefficient (Wildman–Crippen LogP) is 3.28. The minimum atomic E-state index is 0.0231. The van der Waals surface area contributed by atoms with Gasteiger partial charge in [0.05, 0.1) is 13.2 Å². The standard InChI is InChI=1S/C16H22N2OS/c1-12(17)16(14-6-4-5-7-15(14)19-3)18(2)10-13-8-9-20-11-13/h4-9,11-12,16H,10,17H2,1-3H3. The Labute approximate surface area is 125 Å². The van der Waals surface area contributed by atoms with E-state index < -0.39 is 0 Å². The number of hydrogen-bond donors (Lipinski definition) is 1. The maximum atomic E-state index is 6.23. The second-order valence-electron chi connectivity index (χ2n) is 5.09. The van der Waals surface area contributed by atoms with Gasteiger partial charge in [0.1, 0.15) is 5.75 Å². The predicted molar refractivity (Wildman–Crippen MR) is 85.2 cm³/mol. The number of rotatable bonds is 6. The summed E-state index contributed by atoms with van der Waals surface area (Å²) in [5.74, 6) is 0.895. The second-order valence-corrected chi connectivity index (χ2v) is 5.87. The molecule has 0 saturated carbocycles. The third kappa shape index (κ3) is 3.39. The van der Waals surface area contributed by atoms with Crippen LogP contribution in [0.1, 0.15) is 24.1 Å². The van der Waals surface area contributed by atoms with Gasteiger partial charge in [0.25, 0.3) is 0 Å². The van der Waals surface area contributed by atoms with Crippen molar-refractivity contribution in [2.24, 2.45) is 5.73 Å². The largest absolute Gasteiger partial charge is 0.496 e. The molecule has 1 aromatic carbocycles. The second kappa shape index (κ2) is 6.88. The minimum Gasteiger partial charge on any atom is -0.496 e. The van der Waals surface area contributed by atoms with Crippen molar-refractivity contribution in [1.29, 1.82) is 0 Å². The van der Waals surface area contributed by atoms with Crippen molar-refractivity contribution < 1.29 is 4.74 Å². The average molecular weight is 290 g/mol. The van der Waals surface area contributed by atoms with Gasteiger partial charge >= 0.3 is 0 Å². The van der Waals surface area contributed by atoms with Crippen LogP contribution in [-0.4, -0.2) is 25.1 Å². The summed E-state index contributed by atoms with van der Waals surface area (Å²) in [4.78, 5) is 2.28. The molecule has 0 bridgehead atoms. The molecule has 0 aliphatic rings. The van der Waals surface area contributed by atoms with E-state index in [2.05, 4.69) is 34.8 Å². The third-order valence-corrected chi connectivity index (χ3v) is 4.17. The van der Waals surface area contributed by atoms with Crippen LogP contribution in [0.5, 0.6) is 5.75 Å². The van der Waals surface area contributed by atoms with Gasteiger partial charge in [-0.15, -0.1) is 0 Å². The van der Waals surface area contributed by atoms with Crippen LogP contribution in [0.3, 0.4) is 0 Å². The van der Waals surface area contributed by atoms with Crippen molar-refractivity contribution in [2.45, 2.75) is 25.6 Å². The zero-order valence-electron chi connectivity index (χ0n) is 12.2. The Balaban J connectivity index is 2.26. The fourth-order valence-corrected chi connectivity index (χ4v) is 3.26. The number of nitrogens with two attached hydrogens (primary N) is 1. The maximum absolute atomic E-state index is 6.23. The first kappa shape index (κ1) is 15.0. The molecular formula is C16H22N2OS. The number of likely N-dealkylation sites (N-methyl/N-ethyl adjacent to an activating group) is 1. The molecule has 1 aromatic heterocycles. The molecule has 0 spiro atoms. The molecule has 3 nitrogen and oxygen atoms in total. The minimum absolute atomic E-state index is 0.0231. The average Bonchev–Trinajstić information content (AvgIpc) is 2.92. The Kier molecular flexibility index (Phi) is 5.17. The number of ether oxygens (including phenoxy) is 1. The van der Waals surface area contributed by atoms with E-state index in [1.807, 2.05) is 25.1 Å². The van der Waals surface area contributed by atoms with Gasteiger partial charge in [0.2, 0.25) is 0 Å². The molecule has 108 valence electrons. The Morgan fingerprint density at radius 2 is 2.05 bits per heavy atom. The summed E-state index contributed by atoms with van der Waals surface area (Å²) in [6.07, 6.45) is 0. The van der Waals surface area contributed by atoms with Crippen molar-refractivity contribution >= 4 is 11.3 Å². The van der Waals surface area contributed by atoms with Crippen LogP contribution in [0.25, 0.3) is 0 Å².